The van der Waals surface area contributed by atoms with Crippen molar-refractivity contribution < 1.29 is 22.7 Å². The number of carbonyl (C=O) groups is 1. The third-order valence-electron chi connectivity index (χ3n) is 5.77. The van der Waals surface area contributed by atoms with Crippen molar-refractivity contribution in [2.24, 2.45) is 5.73 Å². The van der Waals surface area contributed by atoms with Crippen LogP contribution >= 0.6 is 11.6 Å². The van der Waals surface area contributed by atoms with Gasteiger partial charge in [-0.25, -0.2) is 18.4 Å². The number of fused-ring (bicyclic) bond motifs is 1. The molecule has 186 valence electrons. The van der Waals surface area contributed by atoms with E-state index in [9.17, 15) is 13.2 Å². The van der Waals surface area contributed by atoms with E-state index in [2.05, 4.69) is 15.0 Å². The van der Waals surface area contributed by atoms with Crippen molar-refractivity contribution in [2.75, 3.05) is 26.3 Å². The second-order valence-corrected chi connectivity index (χ2v) is 10.5. The highest BCUT2D eigenvalue weighted by molar-refractivity contribution is 7.89. The van der Waals surface area contributed by atoms with Gasteiger partial charge in [-0.3, -0.25) is 4.79 Å². The first-order chi connectivity index (χ1) is 17.3. The highest BCUT2D eigenvalue weighted by atomic mass is 35.5. The van der Waals surface area contributed by atoms with Crippen LogP contribution in [0.5, 0.6) is 5.75 Å². The minimum absolute atomic E-state index is 0.0454. The molecule has 1 amide bonds. The number of amides is 1. The van der Waals surface area contributed by atoms with E-state index in [0.29, 0.717) is 27.5 Å². The number of nitrogens with two attached hydrogens (primary N) is 1. The number of H-pyrrole nitrogens is 1. The molecule has 1 aliphatic rings. The van der Waals surface area contributed by atoms with Gasteiger partial charge in [-0.15, -0.1) is 0 Å². The zero-order chi connectivity index (χ0) is 25.3. The summed E-state index contributed by atoms with van der Waals surface area (Å²) in [4.78, 5) is 23.1. The van der Waals surface area contributed by atoms with Gasteiger partial charge in [-0.05, 0) is 48.5 Å². The van der Waals surface area contributed by atoms with E-state index in [0.717, 1.165) is 5.56 Å². The van der Waals surface area contributed by atoms with Gasteiger partial charge in [0.2, 0.25) is 10.0 Å². The van der Waals surface area contributed by atoms with Crippen molar-refractivity contribution in [3.8, 4) is 17.1 Å². The Morgan fingerprint density at radius 2 is 1.94 bits per heavy atom. The fourth-order valence-corrected chi connectivity index (χ4v) is 6.02. The molecule has 3 N–H and O–H groups in total. The molecule has 1 aliphatic heterocycles. The summed E-state index contributed by atoms with van der Waals surface area (Å²) < 4.78 is 40.1. The average molecular weight is 528 g/mol. The Labute approximate surface area is 212 Å². The zero-order valence-corrected chi connectivity index (χ0v) is 20.5. The monoisotopic (exact) mass is 527 g/mol. The number of rotatable bonds is 7. The summed E-state index contributed by atoms with van der Waals surface area (Å²) in [5.41, 5.74) is 6.60. The molecule has 10 nitrogen and oxygen atoms in total. The van der Waals surface area contributed by atoms with Gasteiger partial charge in [0.05, 0.1) is 6.61 Å². The number of sulfonamides is 1. The lowest BCUT2D eigenvalue weighted by Crippen LogP contribution is -2.47. The summed E-state index contributed by atoms with van der Waals surface area (Å²) >= 11 is 6.10. The number of halogens is 1. The van der Waals surface area contributed by atoms with Crippen LogP contribution in [0, 0.1) is 0 Å². The molecule has 2 aromatic carbocycles. The fourth-order valence-electron chi connectivity index (χ4n) is 4.06. The number of aromatic amines is 1. The predicted molar refractivity (Wildman–Crippen MR) is 133 cm³/mol. The third kappa shape index (κ3) is 4.78. The van der Waals surface area contributed by atoms with Crippen molar-refractivity contribution >= 4 is 38.4 Å². The number of aromatic nitrogens is 3. The van der Waals surface area contributed by atoms with Crippen LogP contribution in [0.3, 0.4) is 0 Å². The number of benzene rings is 2. The van der Waals surface area contributed by atoms with E-state index in [1.807, 2.05) is 12.1 Å². The Bertz CT molecular complexity index is 1510. The Morgan fingerprint density at radius 1 is 1.19 bits per heavy atom. The van der Waals surface area contributed by atoms with E-state index in [1.54, 1.807) is 42.7 Å². The van der Waals surface area contributed by atoms with E-state index >= 15 is 0 Å². The quantitative estimate of drug-likeness (QED) is 0.376. The molecule has 0 radical (unpaired) electrons. The molecule has 36 heavy (non-hydrogen) atoms. The first-order valence-electron chi connectivity index (χ1n) is 11.1. The fraction of sp³-hybridized carbons (Fsp3) is 0.208. The van der Waals surface area contributed by atoms with Crippen molar-refractivity contribution in [1.29, 1.82) is 0 Å². The summed E-state index contributed by atoms with van der Waals surface area (Å²) in [5, 5.41) is 0.644. The van der Waals surface area contributed by atoms with Gasteiger partial charge in [0.1, 0.15) is 29.0 Å². The molecule has 1 unspecified atom stereocenters. The largest absolute Gasteiger partial charge is 0.491 e. The number of hydrogen-bond donors (Lipinski definition) is 2. The molecule has 1 fully saturated rings. The number of morpholine rings is 1. The highest BCUT2D eigenvalue weighted by Crippen LogP contribution is 2.32. The van der Waals surface area contributed by atoms with Gasteiger partial charge in [0.25, 0.3) is 5.91 Å². The van der Waals surface area contributed by atoms with Crippen LogP contribution in [-0.4, -0.2) is 66.0 Å². The number of primary amides is 1. The van der Waals surface area contributed by atoms with Crippen molar-refractivity contribution in [1.82, 2.24) is 19.3 Å². The summed E-state index contributed by atoms with van der Waals surface area (Å²) in [6.07, 6.45) is 2.82. The molecule has 4 aromatic rings. The number of nitrogens with zero attached hydrogens (tertiary/aromatic N) is 3. The Kier molecular flexibility index (Phi) is 6.63. The Morgan fingerprint density at radius 3 is 2.67 bits per heavy atom. The van der Waals surface area contributed by atoms with Crippen LogP contribution < -0.4 is 10.5 Å². The van der Waals surface area contributed by atoms with Crippen LogP contribution in [0.2, 0.25) is 5.02 Å². The first kappa shape index (κ1) is 24.2. The van der Waals surface area contributed by atoms with Gasteiger partial charge in [0, 0.05) is 47.0 Å². The summed E-state index contributed by atoms with van der Waals surface area (Å²) in [7, 11) is -4.10. The Hall–Kier alpha value is -3.51. The SMILES string of the molecule is NC(=O)c1[nH]c2ccc(Cl)cc2c1S(=O)(=O)N1CCOC(COc2ccc(-c3ncccn3)cc2)C1. The van der Waals surface area contributed by atoms with Crippen molar-refractivity contribution in [3.05, 3.63) is 71.6 Å². The van der Waals surface area contributed by atoms with E-state index in [1.165, 1.54) is 10.4 Å². The third-order valence-corrected chi connectivity index (χ3v) is 7.96. The van der Waals surface area contributed by atoms with Gasteiger partial charge in [0.15, 0.2) is 5.82 Å². The maximum atomic E-state index is 13.6. The first-order valence-corrected chi connectivity index (χ1v) is 12.9. The lowest BCUT2D eigenvalue weighted by molar-refractivity contribution is -0.0249. The average Bonchev–Trinajstić information content (AvgIpc) is 3.28. The number of nitrogens with one attached hydrogen (secondary N) is 1. The standard InChI is InChI=1S/C24H22ClN5O5S/c25-16-4-7-20-19(12-16)22(21(29-20)23(26)31)36(32,33)30-10-11-34-18(13-30)14-35-17-5-2-15(3-6-17)24-27-8-1-9-28-24/h1-9,12,18,29H,10-11,13-14H2,(H2,26,31). The number of hydrogen-bond acceptors (Lipinski definition) is 7. The number of ether oxygens (including phenoxy) is 2. The molecular weight excluding hydrogens is 506 g/mol. The van der Waals surface area contributed by atoms with Crippen LogP contribution in [-0.2, 0) is 14.8 Å². The molecule has 1 atom stereocenters. The van der Waals surface area contributed by atoms with E-state index in [-0.39, 0.29) is 36.9 Å². The summed E-state index contributed by atoms with van der Waals surface area (Å²) in [6.45, 7) is 0.474. The van der Waals surface area contributed by atoms with E-state index in [4.69, 9.17) is 26.8 Å². The molecule has 0 aliphatic carbocycles. The molecule has 12 heteroatoms. The van der Waals surface area contributed by atoms with Crippen LogP contribution in [0.1, 0.15) is 10.5 Å². The van der Waals surface area contributed by atoms with Crippen LogP contribution in [0.4, 0.5) is 0 Å². The predicted octanol–water partition coefficient (Wildman–Crippen LogP) is 2.85. The summed E-state index contributed by atoms with van der Waals surface area (Å²) in [5.74, 6) is 0.327. The van der Waals surface area contributed by atoms with Crippen LogP contribution in [0.25, 0.3) is 22.3 Å². The maximum Gasteiger partial charge on any atom is 0.266 e. The molecule has 3 heterocycles. The van der Waals surface area contributed by atoms with Gasteiger partial charge < -0.3 is 20.2 Å². The topological polar surface area (TPSA) is 140 Å². The molecule has 1 saturated heterocycles. The molecule has 0 spiro atoms. The molecule has 0 saturated carbocycles. The molecule has 5 rings (SSSR count). The minimum Gasteiger partial charge on any atom is -0.491 e. The van der Waals surface area contributed by atoms with Gasteiger partial charge >= 0.3 is 0 Å². The summed E-state index contributed by atoms with van der Waals surface area (Å²) in [6, 6.07) is 13.7. The normalized spacial score (nSPS) is 16.8. The minimum atomic E-state index is -4.10. The van der Waals surface area contributed by atoms with Gasteiger partial charge in [-0.1, -0.05) is 11.6 Å². The van der Waals surface area contributed by atoms with Gasteiger partial charge in [-0.2, -0.15) is 4.31 Å². The van der Waals surface area contributed by atoms with Crippen molar-refractivity contribution in [2.45, 2.75) is 11.0 Å². The van der Waals surface area contributed by atoms with E-state index < -0.39 is 22.0 Å². The second kappa shape index (κ2) is 9.86. The molecule has 2 aromatic heterocycles. The van der Waals surface area contributed by atoms with Crippen molar-refractivity contribution in [3.63, 3.8) is 0 Å². The number of carbonyl (C=O) groups excluding carboxylic acids is 1. The second-order valence-electron chi connectivity index (χ2n) is 8.15. The van der Waals surface area contributed by atoms with Crippen LogP contribution in [0.15, 0.2) is 65.8 Å². The maximum absolute atomic E-state index is 13.6. The molecular formula is C24H22ClN5O5S. The smallest absolute Gasteiger partial charge is 0.266 e. The lowest BCUT2D eigenvalue weighted by Gasteiger charge is -2.32. The lowest BCUT2D eigenvalue weighted by atomic mass is 10.2. The molecule has 0 bridgehead atoms. The highest BCUT2D eigenvalue weighted by Gasteiger charge is 2.36. The zero-order valence-electron chi connectivity index (χ0n) is 18.9. The Balaban J connectivity index is 1.32.